The summed E-state index contributed by atoms with van der Waals surface area (Å²) in [5, 5.41) is 3.00. The second kappa shape index (κ2) is 5.39. The molecule has 94 valence electrons. The maximum absolute atomic E-state index is 12.9. The van der Waals surface area contributed by atoms with Crippen molar-refractivity contribution in [2.45, 2.75) is 6.42 Å². The predicted octanol–water partition coefficient (Wildman–Crippen LogP) is 1.99. The van der Waals surface area contributed by atoms with E-state index in [9.17, 15) is 8.78 Å². The van der Waals surface area contributed by atoms with E-state index in [1.165, 1.54) is 18.5 Å². The van der Waals surface area contributed by atoms with Gasteiger partial charge in [-0.05, 0) is 24.1 Å². The lowest BCUT2D eigenvalue weighted by Crippen LogP contribution is -2.07. The van der Waals surface area contributed by atoms with E-state index in [1.807, 2.05) is 0 Å². The lowest BCUT2D eigenvalue weighted by atomic mass is 10.1. The third-order valence-corrected chi connectivity index (χ3v) is 2.33. The Labute approximate surface area is 103 Å². The van der Waals surface area contributed by atoms with E-state index in [4.69, 9.17) is 5.73 Å². The first-order chi connectivity index (χ1) is 8.63. The van der Waals surface area contributed by atoms with Gasteiger partial charge < -0.3 is 11.1 Å². The van der Waals surface area contributed by atoms with Gasteiger partial charge in [-0.15, -0.1) is 0 Å². The van der Waals surface area contributed by atoms with Crippen LogP contribution in [0.2, 0.25) is 0 Å². The number of aromatic nitrogens is 2. The number of nitrogen functional groups attached to an aromatic ring is 1. The van der Waals surface area contributed by atoms with E-state index in [2.05, 4.69) is 15.3 Å². The summed E-state index contributed by atoms with van der Waals surface area (Å²) in [6.45, 7) is 0.499. The van der Waals surface area contributed by atoms with E-state index < -0.39 is 11.6 Å². The van der Waals surface area contributed by atoms with Crippen LogP contribution in [0.25, 0.3) is 0 Å². The number of hydrogen-bond donors (Lipinski definition) is 2. The van der Waals surface area contributed by atoms with E-state index in [-0.39, 0.29) is 0 Å². The van der Waals surface area contributed by atoms with Gasteiger partial charge in [0.25, 0.3) is 0 Å². The second-order valence-electron chi connectivity index (χ2n) is 3.78. The molecule has 0 radical (unpaired) electrons. The van der Waals surface area contributed by atoms with Gasteiger partial charge in [0.15, 0.2) is 0 Å². The molecule has 6 heteroatoms. The highest BCUT2D eigenvalue weighted by Crippen LogP contribution is 2.09. The molecule has 1 heterocycles. The normalized spacial score (nSPS) is 10.3. The largest absolute Gasteiger partial charge is 0.384 e. The molecular formula is C12H12F2N4. The Morgan fingerprint density at radius 2 is 1.78 bits per heavy atom. The summed E-state index contributed by atoms with van der Waals surface area (Å²) in [6.07, 6.45) is 1.83. The van der Waals surface area contributed by atoms with E-state index in [0.29, 0.717) is 30.2 Å². The summed E-state index contributed by atoms with van der Waals surface area (Å²) >= 11 is 0. The summed E-state index contributed by atoms with van der Waals surface area (Å²) < 4.78 is 25.9. The van der Waals surface area contributed by atoms with Gasteiger partial charge >= 0.3 is 0 Å². The zero-order valence-electron chi connectivity index (χ0n) is 9.53. The molecular weight excluding hydrogens is 238 g/mol. The Bertz CT molecular complexity index is 525. The molecule has 0 bridgehead atoms. The summed E-state index contributed by atoms with van der Waals surface area (Å²) in [6, 6.07) is 5.05. The van der Waals surface area contributed by atoms with E-state index in [1.54, 1.807) is 6.07 Å². The van der Waals surface area contributed by atoms with Gasteiger partial charge in [-0.3, -0.25) is 0 Å². The van der Waals surface area contributed by atoms with Crippen molar-refractivity contribution in [1.29, 1.82) is 0 Å². The van der Waals surface area contributed by atoms with Crippen LogP contribution in [0.1, 0.15) is 5.56 Å². The standard InChI is InChI=1S/C12H12F2N4/c13-9-3-8(4-10(14)5-9)1-2-16-12-6-11(15)17-7-18-12/h3-7H,1-2H2,(H3,15,16,17,18). The second-order valence-corrected chi connectivity index (χ2v) is 3.78. The number of benzene rings is 1. The summed E-state index contributed by atoms with van der Waals surface area (Å²) in [5.74, 6) is -0.198. The molecule has 4 nitrogen and oxygen atoms in total. The molecule has 0 saturated heterocycles. The predicted molar refractivity (Wildman–Crippen MR) is 65.0 cm³/mol. The van der Waals surface area contributed by atoms with Crippen molar-refractivity contribution >= 4 is 11.6 Å². The highest BCUT2D eigenvalue weighted by Gasteiger charge is 2.01. The van der Waals surface area contributed by atoms with Gasteiger partial charge in [0.2, 0.25) is 0 Å². The van der Waals surface area contributed by atoms with Gasteiger partial charge in [0.05, 0.1) is 0 Å². The molecule has 1 aromatic heterocycles. The number of nitrogens with two attached hydrogens (primary N) is 1. The number of halogens is 2. The van der Waals surface area contributed by atoms with Crippen molar-refractivity contribution in [2.75, 3.05) is 17.6 Å². The van der Waals surface area contributed by atoms with Crippen LogP contribution < -0.4 is 11.1 Å². The molecule has 18 heavy (non-hydrogen) atoms. The topological polar surface area (TPSA) is 63.8 Å². The minimum atomic E-state index is -0.573. The van der Waals surface area contributed by atoms with Crippen LogP contribution in [-0.4, -0.2) is 16.5 Å². The first-order valence-electron chi connectivity index (χ1n) is 5.40. The summed E-state index contributed by atoms with van der Waals surface area (Å²) in [5.41, 5.74) is 6.08. The smallest absolute Gasteiger partial charge is 0.131 e. The SMILES string of the molecule is Nc1cc(NCCc2cc(F)cc(F)c2)ncn1. The first kappa shape index (κ1) is 12.2. The Hall–Kier alpha value is -2.24. The van der Waals surface area contributed by atoms with Crippen molar-refractivity contribution in [3.8, 4) is 0 Å². The Morgan fingerprint density at radius 3 is 2.44 bits per heavy atom. The highest BCUT2D eigenvalue weighted by atomic mass is 19.1. The first-order valence-corrected chi connectivity index (χ1v) is 5.40. The van der Waals surface area contributed by atoms with Gasteiger partial charge in [-0.25, -0.2) is 18.7 Å². The summed E-state index contributed by atoms with van der Waals surface area (Å²) in [7, 11) is 0. The maximum Gasteiger partial charge on any atom is 0.131 e. The van der Waals surface area contributed by atoms with Crippen LogP contribution in [0.3, 0.4) is 0 Å². The van der Waals surface area contributed by atoms with Crippen molar-refractivity contribution in [2.24, 2.45) is 0 Å². The monoisotopic (exact) mass is 250 g/mol. The fourth-order valence-corrected chi connectivity index (χ4v) is 1.56. The molecule has 0 atom stereocenters. The van der Waals surface area contributed by atoms with Crippen LogP contribution in [0.5, 0.6) is 0 Å². The molecule has 0 aliphatic rings. The molecule has 2 aromatic rings. The quantitative estimate of drug-likeness (QED) is 0.871. The number of hydrogen-bond acceptors (Lipinski definition) is 4. The van der Waals surface area contributed by atoms with Crippen LogP contribution in [0, 0.1) is 11.6 Å². The van der Waals surface area contributed by atoms with Crippen LogP contribution in [0.4, 0.5) is 20.4 Å². The lowest BCUT2D eigenvalue weighted by molar-refractivity contribution is 0.580. The molecule has 2 rings (SSSR count). The van der Waals surface area contributed by atoms with Crippen molar-refractivity contribution in [1.82, 2.24) is 9.97 Å². The molecule has 0 aliphatic carbocycles. The Morgan fingerprint density at radius 1 is 1.06 bits per heavy atom. The molecule has 0 amide bonds. The molecule has 0 aliphatic heterocycles. The average molecular weight is 250 g/mol. The molecule has 0 spiro atoms. The fourth-order valence-electron chi connectivity index (χ4n) is 1.56. The number of rotatable bonds is 4. The van der Waals surface area contributed by atoms with Crippen LogP contribution >= 0.6 is 0 Å². The minimum absolute atomic E-state index is 0.365. The van der Waals surface area contributed by atoms with Gasteiger partial charge in [-0.2, -0.15) is 0 Å². The van der Waals surface area contributed by atoms with Crippen LogP contribution in [0.15, 0.2) is 30.6 Å². The summed E-state index contributed by atoms with van der Waals surface area (Å²) in [4.78, 5) is 7.71. The highest BCUT2D eigenvalue weighted by molar-refractivity contribution is 5.43. The average Bonchev–Trinajstić information content (AvgIpc) is 2.27. The molecule has 0 unspecified atom stereocenters. The Balaban J connectivity index is 1.92. The lowest BCUT2D eigenvalue weighted by Gasteiger charge is -2.06. The van der Waals surface area contributed by atoms with Crippen LogP contribution in [-0.2, 0) is 6.42 Å². The van der Waals surface area contributed by atoms with Gasteiger partial charge in [-0.1, -0.05) is 0 Å². The molecule has 0 fully saturated rings. The van der Waals surface area contributed by atoms with Crippen molar-refractivity contribution in [3.63, 3.8) is 0 Å². The van der Waals surface area contributed by atoms with Gasteiger partial charge in [0, 0.05) is 18.7 Å². The molecule has 0 saturated carbocycles. The van der Waals surface area contributed by atoms with E-state index >= 15 is 0 Å². The zero-order valence-corrected chi connectivity index (χ0v) is 9.53. The Kier molecular flexibility index (Phi) is 3.66. The number of nitrogens with one attached hydrogen (secondary N) is 1. The van der Waals surface area contributed by atoms with Crippen molar-refractivity contribution < 1.29 is 8.78 Å². The fraction of sp³-hybridized carbons (Fsp3) is 0.167. The van der Waals surface area contributed by atoms with Crippen molar-refractivity contribution in [3.05, 3.63) is 47.8 Å². The zero-order chi connectivity index (χ0) is 13.0. The van der Waals surface area contributed by atoms with Gasteiger partial charge in [0.1, 0.15) is 29.6 Å². The maximum atomic E-state index is 12.9. The number of nitrogens with zero attached hydrogens (tertiary/aromatic N) is 2. The molecule has 1 aromatic carbocycles. The number of anilines is 2. The minimum Gasteiger partial charge on any atom is -0.384 e. The third-order valence-electron chi connectivity index (χ3n) is 2.33. The molecule has 3 N–H and O–H groups in total. The van der Waals surface area contributed by atoms with E-state index in [0.717, 1.165) is 6.07 Å². The third kappa shape index (κ3) is 3.38.